The number of urea groups is 1. The number of amides is 2. The molecule has 0 aliphatic carbocycles. The number of nitrogens with one attached hydrogen (secondary N) is 1. The highest BCUT2D eigenvalue weighted by Crippen LogP contribution is 2.16. The van der Waals surface area contributed by atoms with Gasteiger partial charge >= 0.3 is 12.6 Å². The Morgan fingerprint density at radius 2 is 2.26 bits per heavy atom. The van der Waals surface area contributed by atoms with Crippen molar-refractivity contribution in [1.29, 1.82) is 0 Å². The van der Waals surface area contributed by atoms with Crippen LogP contribution in [0.3, 0.4) is 0 Å². The Kier molecular flexibility index (Phi) is 5.34. The summed E-state index contributed by atoms with van der Waals surface area (Å²) in [6, 6.07) is 2.41. The molecule has 0 radical (unpaired) electrons. The van der Waals surface area contributed by atoms with Crippen LogP contribution < -0.4 is 10.1 Å². The number of sulfone groups is 1. The molecule has 10 heteroatoms. The molecule has 1 aromatic heterocycles. The highest BCUT2D eigenvalue weighted by Gasteiger charge is 2.32. The van der Waals surface area contributed by atoms with Gasteiger partial charge in [-0.3, -0.25) is 4.98 Å². The van der Waals surface area contributed by atoms with E-state index >= 15 is 0 Å². The van der Waals surface area contributed by atoms with Gasteiger partial charge in [-0.2, -0.15) is 8.78 Å². The molecule has 1 fully saturated rings. The van der Waals surface area contributed by atoms with Crippen molar-refractivity contribution in [3.8, 4) is 5.75 Å². The van der Waals surface area contributed by atoms with E-state index in [1.165, 1.54) is 17.0 Å². The van der Waals surface area contributed by atoms with E-state index in [2.05, 4.69) is 15.0 Å². The van der Waals surface area contributed by atoms with Crippen LogP contribution in [0.2, 0.25) is 0 Å². The largest absolute Gasteiger partial charge is 0.433 e. The third-order valence-electron chi connectivity index (χ3n) is 3.48. The molecule has 0 saturated carbocycles. The molecule has 2 amide bonds. The van der Waals surface area contributed by atoms with Gasteiger partial charge in [0.1, 0.15) is 5.75 Å². The normalized spacial score (nSPS) is 18.3. The molecular formula is C13H17F2N3O4S. The number of hydrogen-bond donors (Lipinski definition) is 1. The molecule has 1 N–H and O–H groups in total. The van der Waals surface area contributed by atoms with Crippen LogP contribution in [0.1, 0.15) is 12.1 Å². The van der Waals surface area contributed by atoms with Crippen molar-refractivity contribution in [2.24, 2.45) is 0 Å². The molecule has 0 unspecified atom stereocenters. The average Bonchev–Trinajstić information content (AvgIpc) is 2.95. The van der Waals surface area contributed by atoms with Gasteiger partial charge < -0.3 is 15.0 Å². The Morgan fingerprint density at radius 3 is 2.78 bits per heavy atom. The molecule has 2 heterocycles. The number of rotatable bonds is 5. The van der Waals surface area contributed by atoms with Crippen LogP contribution in [0.4, 0.5) is 13.6 Å². The number of aromatic nitrogens is 1. The second-order valence-corrected chi connectivity index (χ2v) is 7.53. The third-order valence-corrected chi connectivity index (χ3v) is 5.08. The highest BCUT2D eigenvalue weighted by atomic mass is 32.2. The standard InChI is InChI=1S/C13H17F2N3O4S/c1-23(20,21)11-4-5-18(8-11)13(19)17-6-9-2-3-10(7-16-9)22-12(14)15/h2-3,7,11-12H,4-6,8H2,1H3,(H,17,19)/t11-/m1/s1. The summed E-state index contributed by atoms with van der Waals surface area (Å²) in [7, 11) is -3.16. The van der Waals surface area contributed by atoms with Crippen LogP contribution in [0.15, 0.2) is 18.3 Å². The molecular weight excluding hydrogens is 332 g/mol. The van der Waals surface area contributed by atoms with Gasteiger partial charge in [0.2, 0.25) is 0 Å². The van der Waals surface area contributed by atoms with E-state index in [4.69, 9.17) is 0 Å². The summed E-state index contributed by atoms with van der Waals surface area (Å²) in [6.45, 7) is -2.27. The van der Waals surface area contributed by atoms with Crippen molar-refractivity contribution in [3.63, 3.8) is 0 Å². The predicted octanol–water partition coefficient (Wildman–Crippen LogP) is 1.01. The van der Waals surface area contributed by atoms with Crippen molar-refractivity contribution in [2.75, 3.05) is 19.3 Å². The molecule has 7 nitrogen and oxygen atoms in total. The van der Waals surface area contributed by atoms with Crippen LogP contribution in [-0.2, 0) is 16.4 Å². The first-order valence-corrected chi connectivity index (χ1v) is 8.82. The van der Waals surface area contributed by atoms with Gasteiger partial charge in [-0.15, -0.1) is 0 Å². The molecule has 128 valence electrons. The van der Waals surface area contributed by atoms with Crippen LogP contribution in [-0.4, -0.2) is 55.5 Å². The molecule has 0 spiro atoms. The molecule has 1 aliphatic rings. The van der Waals surface area contributed by atoms with Crippen molar-refractivity contribution in [3.05, 3.63) is 24.0 Å². The topological polar surface area (TPSA) is 88.6 Å². The molecule has 0 aromatic carbocycles. The lowest BCUT2D eigenvalue weighted by Gasteiger charge is -2.17. The minimum atomic E-state index is -3.16. The number of pyridine rings is 1. The van der Waals surface area contributed by atoms with Crippen LogP contribution in [0.25, 0.3) is 0 Å². The van der Waals surface area contributed by atoms with Crippen molar-refractivity contribution < 1.29 is 26.7 Å². The number of carbonyl (C=O) groups excluding carboxylic acids is 1. The Hall–Kier alpha value is -1.97. The molecule has 23 heavy (non-hydrogen) atoms. The van der Waals surface area contributed by atoms with E-state index < -0.39 is 21.7 Å². The third kappa shape index (κ3) is 5.02. The maximum absolute atomic E-state index is 12.0. The number of ether oxygens (including phenoxy) is 1. The number of carbonyl (C=O) groups is 1. The monoisotopic (exact) mass is 349 g/mol. The molecule has 1 aliphatic heterocycles. The molecule has 0 bridgehead atoms. The quantitative estimate of drug-likeness (QED) is 0.857. The van der Waals surface area contributed by atoms with E-state index in [1.54, 1.807) is 0 Å². The fourth-order valence-electron chi connectivity index (χ4n) is 2.23. The Bertz CT molecular complexity index is 652. The van der Waals surface area contributed by atoms with Gasteiger partial charge in [0, 0.05) is 19.3 Å². The zero-order valence-corrected chi connectivity index (χ0v) is 13.2. The minimum Gasteiger partial charge on any atom is -0.433 e. The minimum absolute atomic E-state index is 0.0642. The summed E-state index contributed by atoms with van der Waals surface area (Å²) < 4.78 is 51.1. The first-order chi connectivity index (χ1) is 10.8. The Morgan fingerprint density at radius 1 is 1.52 bits per heavy atom. The Balaban J connectivity index is 1.83. The molecule has 1 saturated heterocycles. The lowest BCUT2D eigenvalue weighted by atomic mass is 10.3. The molecule has 1 atom stereocenters. The predicted molar refractivity (Wildman–Crippen MR) is 77.9 cm³/mol. The highest BCUT2D eigenvalue weighted by molar-refractivity contribution is 7.91. The zero-order chi connectivity index (χ0) is 17.0. The van der Waals surface area contributed by atoms with Crippen molar-refractivity contribution >= 4 is 15.9 Å². The molecule has 2 rings (SSSR count). The SMILES string of the molecule is CS(=O)(=O)[C@@H]1CCN(C(=O)NCc2ccc(OC(F)F)cn2)C1. The van der Waals surface area contributed by atoms with Crippen molar-refractivity contribution in [1.82, 2.24) is 15.2 Å². The number of likely N-dealkylation sites (tertiary alicyclic amines) is 1. The summed E-state index contributed by atoms with van der Waals surface area (Å²) in [6.07, 6.45) is 2.72. The van der Waals surface area contributed by atoms with E-state index in [-0.39, 0.29) is 24.9 Å². The van der Waals surface area contributed by atoms with Gasteiger partial charge in [0.25, 0.3) is 0 Å². The lowest BCUT2D eigenvalue weighted by Crippen LogP contribution is -2.39. The number of hydrogen-bond acceptors (Lipinski definition) is 5. The Labute approximate surface area is 132 Å². The smallest absolute Gasteiger partial charge is 0.387 e. The number of alkyl halides is 2. The number of nitrogens with zero attached hydrogens (tertiary/aromatic N) is 2. The van der Waals surface area contributed by atoms with Gasteiger partial charge in [0.15, 0.2) is 9.84 Å². The van der Waals surface area contributed by atoms with Gasteiger partial charge in [-0.1, -0.05) is 0 Å². The molecule has 1 aromatic rings. The summed E-state index contributed by atoms with van der Waals surface area (Å²) in [4.78, 5) is 17.3. The van der Waals surface area contributed by atoms with E-state index in [9.17, 15) is 22.0 Å². The average molecular weight is 349 g/mol. The zero-order valence-electron chi connectivity index (χ0n) is 12.4. The van der Waals surface area contributed by atoms with Crippen molar-refractivity contribution in [2.45, 2.75) is 24.8 Å². The van der Waals surface area contributed by atoms with Gasteiger partial charge in [-0.25, -0.2) is 13.2 Å². The second kappa shape index (κ2) is 7.07. The summed E-state index contributed by atoms with van der Waals surface area (Å²) in [5.74, 6) is -0.0642. The lowest BCUT2D eigenvalue weighted by molar-refractivity contribution is -0.0500. The summed E-state index contributed by atoms with van der Waals surface area (Å²) in [5, 5.41) is 2.08. The van der Waals surface area contributed by atoms with E-state index in [1.807, 2.05) is 0 Å². The van der Waals surface area contributed by atoms with Gasteiger partial charge in [0.05, 0.1) is 23.7 Å². The first kappa shape index (κ1) is 17.4. The maximum Gasteiger partial charge on any atom is 0.387 e. The van der Waals surface area contributed by atoms with Crippen LogP contribution in [0.5, 0.6) is 5.75 Å². The fourth-order valence-corrected chi connectivity index (χ4v) is 3.21. The summed E-state index contributed by atoms with van der Waals surface area (Å²) >= 11 is 0. The second-order valence-electron chi connectivity index (χ2n) is 5.21. The van der Waals surface area contributed by atoms with Gasteiger partial charge in [-0.05, 0) is 18.6 Å². The van der Waals surface area contributed by atoms with E-state index in [0.29, 0.717) is 18.7 Å². The van der Waals surface area contributed by atoms with E-state index in [0.717, 1.165) is 12.5 Å². The number of halogens is 2. The van der Waals surface area contributed by atoms with Crippen LogP contribution in [0, 0.1) is 0 Å². The fraction of sp³-hybridized carbons (Fsp3) is 0.538. The van der Waals surface area contributed by atoms with Crippen LogP contribution >= 0.6 is 0 Å². The maximum atomic E-state index is 12.0. The first-order valence-electron chi connectivity index (χ1n) is 6.87. The summed E-state index contributed by atoms with van der Waals surface area (Å²) in [5.41, 5.74) is 0.471.